The number of rotatable bonds is 19. The Morgan fingerprint density at radius 2 is 1.77 bits per heavy atom. The van der Waals surface area contributed by atoms with Crippen LogP contribution in [0.2, 0.25) is 0 Å². The maximum atomic E-state index is 14.3. The molecule has 2 bridgehead atoms. The average molecular weight is 810 g/mol. The van der Waals surface area contributed by atoms with Crippen LogP contribution in [0.4, 0.5) is 5.69 Å². The first-order chi connectivity index (χ1) is 27.2. The predicted octanol–water partition coefficient (Wildman–Crippen LogP) is 4.57. The van der Waals surface area contributed by atoms with Crippen LogP contribution in [0, 0.1) is 29.6 Å². The molecule has 0 unspecified atom stereocenters. The van der Waals surface area contributed by atoms with Gasteiger partial charge < -0.3 is 41.0 Å². The van der Waals surface area contributed by atoms with Gasteiger partial charge in [0.05, 0.1) is 48.7 Å². The molecule has 5 rings (SSSR count). The van der Waals surface area contributed by atoms with Crippen LogP contribution in [0.25, 0.3) is 0 Å². The van der Waals surface area contributed by atoms with Crippen LogP contribution in [-0.4, -0.2) is 109 Å². The molecule has 316 valence electrons. The number of piperidine rings is 1. The highest BCUT2D eigenvalue weighted by Gasteiger charge is 2.49. The third-order valence-electron chi connectivity index (χ3n) is 13.2. The molecule has 2 saturated heterocycles. The molecule has 5 N–H and O–H groups in total. The highest BCUT2D eigenvalue weighted by molar-refractivity contribution is 7.09. The number of nitrogens with one attached hydrogen (secondary N) is 3. The molecule has 14 heteroatoms. The summed E-state index contributed by atoms with van der Waals surface area (Å²) in [4.78, 5) is 64.3. The molecule has 0 radical (unpaired) electrons. The van der Waals surface area contributed by atoms with Gasteiger partial charge >= 0.3 is 0 Å². The SMILES string of the molecule is CC[C@H](C)[C@@H]([C@@H](CC(=O)N1CCC[C@H]1[C@H](OC)[C@@H](C)C(=O)N[C@@H](Cc1ccc(N)cc1)c1nccs1)OC)N(C)C(=O)[C@@H](NC(=O)[C@H]1N[C@H]2CC[C@H]1[C@@H]2C)C(C)C. The van der Waals surface area contributed by atoms with E-state index in [9.17, 15) is 19.2 Å². The summed E-state index contributed by atoms with van der Waals surface area (Å²) in [6.45, 7) is 12.6. The molecule has 2 aromatic rings. The van der Waals surface area contributed by atoms with Crippen LogP contribution < -0.4 is 21.7 Å². The summed E-state index contributed by atoms with van der Waals surface area (Å²) < 4.78 is 12.1. The van der Waals surface area contributed by atoms with Crippen molar-refractivity contribution in [3.63, 3.8) is 0 Å². The number of carbonyl (C=O) groups is 4. The van der Waals surface area contributed by atoms with Gasteiger partial charge in [0.15, 0.2) is 0 Å². The molecular formula is C43H67N7O6S. The van der Waals surface area contributed by atoms with Gasteiger partial charge in [0.1, 0.15) is 11.0 Å². The molecule has 57 heavy (non-hydrogen) atoms. The van der Waals surface area contributed by atoms with Crippen molar-refractivity contribution in [3.05, 3.63) is 46.4 Å². The highest BCUT2D eigenvalue weighted by Crippen LogP contribution is 2.40. The number of nitrogen functional groups attached to an aromatic ring is 1. The Labute approximate surface area is 343 Å². The van der Waals surface area contributed by atoms with Gasteiger partial charge in [-0.25, -0.2) is 4.98 Å². The first-order valence-electron chi connectivity index (χ1n) is 20.9. The molecule has 3 aliphatic rings. The molecule has 3 heterocycles. The number of amides is 4. The largest absolute Gasteiger partial charge is 0.399 e. The number of anilines is 1. The van der Waals surface area contributed by atoms with Crippen molar-refractivity contribution in [3.8, 4) is 0 Å². The number of thiazole rings is 1. The monoisotopic (exact) mass is 809 g/mol. The number of fused-ring (bicyclic) bond motifs is 2. The molecule has 1 saturated carbocycles. The first kappa shape index (κ1) is 44.5. The molecular weight excluding hydrogens is 743 g/mol. The second-order valence-electron chi connectivity index (χ2n) is 17.0. The van der Waals surface area contributed by atoms with Crippen molar-refractivity contribution in [1.29, 1.82) is 0 Å². The maximum absolute atomic E-state index is 14.3. The van der Waals surface area contributed by atoms with Gasteiger partial charge in [-0.2, -0.15) is 0 Å². The Morgan fingerprint density at radius 3 is 2.33 bits per heavy atom. The van der Waals surface area contributed by atoms with Crippen LogP contribution >= 0.6 is 11.3 Å². The minimum atomic E-state index is -0.724. The van der Waals surface area contributed by atoms with Crippen molar-refractivity contribution in [2.24, 2.45) is 29.6 Å². The summed E-state index contributed by atoms with van der Waals surface area (Å²) in [7, 11) is 4.95. The van der Waals surface area contributed by atoms with Gasteiger partial charge in [0.25, 0.3) is 0 Å². The van der Waals surface area contributed by atoms with Gasteiger partial charge in [0, 0.05) is 51.1 Å². The van der Waals surface area contributed by atoms with Crippen LogP contribution in [0.15, 0.2) is 35.8 Å². The summed E-state index contributed by atoms with van der Waals surface area (Å²) >= 11 is 1.49. The number of ether oxygens (including phenoxy) is 2. The quantitative estimate of drug-likeness (QED) is 0.149. The van der Waals surface area contributed by atoms with Crippen molar-refractivity contribution in [2.75, 3.05) is 33.5 Å². The second-order valence-corrected chi connectivity index (χ2v) is 18.0. The molecule has 1 aliphatic carbocycles. The third kappa shape index (κ3) is 10.2. The lowest BCUT2D eigenvalue weighted by molar-refractivity contribution is -0.147. The standard InChI is InChI=1S/C43H67N7O6S/c1-10-25(4)38(49(7)43(54)36(24(2)3)48-41(53)37-30-17-18-31(46-37)26(30)5)34(55-8)23-35(51)50-20-11-12-33(50)39(56-9)27(6)40(52)47-32(42-45-19-21-57-42)22-28-13-15-29(44)16-14-28/h13-16,19,21,24-27,30-34,36-39,46H,10-12,17-18,20,22-23,44H2,1-9H3,(H,47,52)(H,48,53)/t25-,26-,27+,30-,31-,32-,33-,34+,36-,37-,38-,39+/m0/s1. The Morgan fingerprint density at radius 1 is 1.05 bits per heavy atom. The van der Waals surface area contributed by atoms with E-state index in [1.165, 1.54) is 11.3 Å². The van der Waals surface area contributed by atoms with E-state index in [0.29, 0.717) is 37.0 Å². The van der Waals surface area contributed by atoms with E-state index in [1.54, 1.807) is 32.4 Å². The molecule has 1 aromatic heterocycles. The summed E-state index contributed by atoms with van der Waals surface area (Å²) in [5.41, 5.74) is 7.61. The van der Waals surface area contributed by atoms with E-state index in [-0.39, 0.29) is 65.9 Å². The Bertz CT molecular complexity index is 1640. The first-order valence-corrected chi connectivity index (χ1v) is 21.8. The molecule has 1 aromatic carbocycles. The van der Waals surface area contributed by atoms with Gasteiger partial charge in [-0.3, -0.25) is 19.2 Å². The minimum Gasteiger partial charge on any atom is -0.399 e. The van der Waals surface area contributed by atoms with Crippen molar-refractivity contribution >= 4 is 40.7 Å². The lowest BCUT2D eigenvalue weighted by Crippen LogP contribution is -2.59. The fraction of sp³-hybridized carbons (Fsp3) is 0.698. The summed E-state index contributed by atoms with van der Waals surface area (Å²) in [5, 5.41) is 12.5. The minimum absolute atomic E-state index is 0.00265. The predicted molar refractivity (Wildman–Crippen MR) is 223 cm³/mol. The third-order valence-corrected chi connectivity index (χ3v) is 14.1. The smallest absolute Gasteiger partial charge is 0.245 e. The normalized spacial score (nSPS) is 25.4. The van der Waals surface area contributed by atoms with Crippen LogP contribution in [0.1, 0.15) is 96.7 Å². The fourth-order valence-electron chi connectivity index (χ4n) is 9.61. The number of likely N-dealkylation sites (N-methyl/N-ethyl adjacent to an activating group) is 1. The van der Waals surface area contributed by atoms with Crippen LogP contribution in [-0.2, 0) is 35.1 Å². The molecule has 2 aliphatic heterocycles. The van der Waals surface area contributed by atoms with Crippen molar-refractivity contribution < 1.29 is 28.7 Å². The van der Waals surface area contributed by atoms with Crippen LogP contribution in [0.3, 0.4) is 0 Å². The van der Waals surface area contributed by atoms with E-state index in [0.717, 1.165) is 36.3 Å². The molecule has 13 nitrogen and oxygen atoms in total. The van der Waals surface area contributed by atoms with Gasteiger partial charge in [-0.1, -0.05) is 60.1 Å². The average Bonchev–Trinajstić information content (AvgIpc) is 4.03. The lowest BCUT2D eigenvalue weighted by atomic mass is 9.89. The summed E-state index contributed by atoms with van der Waals surface area (Å²) in [5.74, 6) is -0.612. The number of hydrogen-bond donors (Lipinski definition) is 4. The summed E-state index contributed by atoms with van der Waals surface area (Å²) in [6.07, 6.45) is 5.51. The van der Waals surface area contributed by atoms with E-state index >= 15 is 0 Å². The maximum Gasteiger partial charge on any atom is 0.245 e. The summed E-state index contributed by atoms with van der Waals surface area (Å²) in [6, 6.07) is 5.85. The Kier molecular flexibility index (Phi) is 15.5. The molecule has 12 atom stereocenters. The number of hydrogen-bond acceptors (Lipinski definition) is 10. The number of nitrogens with zero attached hydrogens (tertiary/aromatic N) is 3. The Balaban J connectivity index is 1.26. The van der Waals surface area contributed by atoms with E-state index in [4.69, 9.17) is 15.2 Å². The van der Waals surface area contributed by atoms with Gasteiger partial charge in [-0.05, 0) is 73.5 Å². The van der Waals surface area contributed by atoms with Crippen LogP contribution in [0.5, 0.6) is 0 Å². The van der Waals surface area contributed by atoms with E-state index in [1.807, 2.05) is 55.3 Å². The van der Waals surface area contributed by atoms with Gasteiger partial charge in [0.2, 0.25) is 23.6 Å². The van der Waals surface area contributed by atoms with Crippen molar-refractivity contribution in [1.82, 2.24) is 30.7 Å². The molecule has 0 spiro atoms. The highest BCUT2D eigenvalue weighted by atomic mass is 32.1. The lowest BCUT2D eigenvalue weighted by Gasteiger charge is -2.41. The van der Waals surface area contributed by atoms with E-state index in [2.05, 4.69) is 41.7 Å². The zero-order chi connectivity index (χ0) is 41.6. The number of nitrogens with two attached hydrogens (primary N) is 1. The van der Waals surface area contributed by atoms with Gasteiger partial charge in [-0.15, -0.1) is 11.3 Å². The zero-order valence-corrected chi connectivity index (χ0v) is 36.2. The fourth-order valence-corrected chi connectivity index (χ4v) is 10.3. The number of likely N-dealkylation sites (tertiary alicyclic amines) is 1. The number of aromatic nitrogens is 1. The number of carbonyl (C=O) groups excluding carboxylic acids is 4. The molecule has 4 amide bonds. The zero-order valence-electron chi connectivity index (χ0n) is 35.4. The second kappa shape index (κ2) is 19.9. The van der Waals surface area contributed by atoms with E-state index < -0.39 is 30.2 Å². The van der Waals surface area contributed by atoms with Crippen molar-refractivity contribution in [2.45, 2.75) is 135 Å². The number of benzene rings is 1. The topological polar surface area (TPSA) is 168 Å². The molecule has 3 fully saturated rings. The Hall–Kier alpha value is -3.59. The number of methoxy groups -OCH3 is 2.